The molecule has 2 aliphatic rings. The molecule has 2 saturated carbocycles. The molecule has 0 aromatic carbocycles. The van der Waals surface area contributed by atoms with Crippen molar-refractivity contribution in [3.05, 3.63) is 0 Å². The third-order valence-corrected chi connectivity index (χ3v) is 4.55. The standard InChI is InChI=1S/C15H28/c1-15(2,3)11-12-8-9-13-6-4-5-7-14(13)10-12/h12-14H,4-11H2,1-3H3. The van der Waals surface area contributed by atoms with Gasteiger partial charge in [0, 0.05) is 0 Å². The fourth-order valence-corrected chi connectivity index (χ4v) is 4.02. The molecule has 0 bridgehead atoms. The van der Waals surface area contributed by atoms with Crippen LogP contribution < -0.4 is 0 Å². The molecule has 0 N–H and O–H groups in total. The van der Waals surface area contributed by atoms with Gasteiger partial charge in [0.05, 0.1) is 0 Å². The van der Waals surface area contributed by atoms with Gasteiger partial charge in [-0.1, -0.05) is 52.9 Å². The van der Waals surface area contributed by atoms with Crippen molar-refractivity contribution in [1.29, 1.82) is 0 Å². The van der Waals surface area contributed by atoms with Gasteiger partial charge >= 0.3 is 0 Å². The molecule has 2 aliphatic carbocycles. The quantitative estimate of drug-likeness (QED) is 0.567. The van der Waals surface area contributed by atoms with Crippen LogP contribution in [0.2, 0.25) is 0 Å². The van der Waals surface area contributed by atoms with E-state index in [0.717, 1.165) is 17.8 Å². The van der Waals surface area contributed by atoms with Gasteiger partial charge < -0.3 is 0 Å². The van der Waals surface area contributed by atoms with Crippen molar-refractivity contribution < 1.29 is 0 Å². The van der Waals surface area contributed by atoms with Crippen LogP contribution in [0.3, 0.4) is 0 Å². The molecule has 88 valence electrons. The van der Waals surface area contributed by atoms with E-state index in [2.05, 4.69) is 20.8 Å². The monoisotopic (exact) mass is 208 g/mol. The van der Waals surface area contributed by atoms with Crippen LogP contribution in [0.15, 0.2) is 0 Å². The predicted octanol–water partition coefficient (Wildman–Crippen LogP) is 5.03. The summed E-state index contributed by atoms with van der Waals surface area (Å²) in [6.07, 6.45) is 12.2. The Kier molecular flexibility index (Phi) is 3.42. The van der Waals surface area contributed by atoms with Crippen molar-refractivity contribution in [2.45, 2.75) is 72.1 Å². The Hall–Kier alpha value is 0. The summed E-state index contributed by atoms with van der Waals surface area (Å²) in [5, 5.41) is 0. The lowest BCUT2D eigenvalue weighted by Gasteiger charge is -2.41. The maximum atomic E-state index is 2.40. The molecule has 15 heavy (non-hydrogen) atoms. The fraction of sp³-hybridized carbons (Fsp3) is 1.00. The van der Waals surface area contributed by atoms with E-state index in [0.29, 0.717) is 5.41 Å². The zero-order chi connectivity index (χ0) is 10.9. The van der Waals surface area contributed by atoms with Gasteiger partial charge in [-0.15, -0.1) is 0 Å². The van der Waals surface area contributed by atoms with E-state index in [9.17, 15) is 0 Å². The SMILES string of the molecule is CC(C)(C)CC1CCC2CCCCC2C1. The fourth-order valence-electron chi connectivity index (χ4n) is 4.02. The highest BCUT2D eigenvalue weighted by atomic mass is 14.4. The first kappa shape index (κ1) is 11.5. The second kappa shape index (κ2) is 4.47. The predicted molar refractivity (Wildman–Crippen MR) is 66.9 cm³/mol. The van der Waals surface area contributed by atoms with Crippen molar-refractivity contribution >= 4 is 0 Å². The summed E-state index contributed by atoms with van der Waals surface area (Å²) >= 11 is 0. The van der Waals surface area contributed by atoms with Gasteiger partial charge in [0.2, 0.25) is 0 Å². The van der Waals surface area contributed by atoms with Crippen molar-refractivity contribution in [3.8, 4) is 0 Å². The Labute approximate surface area is 95.8 Å². The molecule has 0 heterocycles. The average molecular weight is 208 g/mol. The van der Waals surface area contributed by atoms with Gasteiger partial charge in [0.15, 0.2) is 0 Å². The minimum atomic E-state index is 0.548. The van der Waals surface area contributed by atoms with Gasteiger partial charge in [-0.2, -0.15) is 0 Å². The molecule has 2 rings (SSSR count). The van der Waals surface area contributed by atoms with Crippen molar-refractivity contribution in [2.24, 2.45) is 23.2 Å². The smallest absolute Gasteiger partial charge is 0.0380 e. The highest BCUT2D eigenvalue weighted by molar-refractivity contribution is 4.84. The third-order valence-electron chi connectivity index (χ3n) is 4.55. The second-order valence-corrected chi connectivity index (χ2v) is 7.25. The maximum Gasteiger partial charge on any atom is -0.0380 e. The van der Waals surface area contributed by atoms with E-state index in [1.165, 1.54) is 25.7 Å². The summed E-state index contributed by atoms with van der Waals surface area (Å²) < 4.78 is 0. The van der Waals surface area contributed by atoms with E-state index in [1.807, 2.05) is 0 Å². The summed E-state index contributed by atoms with van der Waals surface area (Å²) in [5.41, 5.74) is 0.548. The molecule has 3 unspecified atom stereocenters. The van der Waals surface area contributed by atoms with Crippen LogP contribution >= 0.6 is 0 Å². The van der Waals surface area contributed by atoms with Gasteiger partial charge in [0.1, 0.15) is 0 Å². The lowest BCUT2D eigenvalue weighted by atomic mass is 9.65. The first-order valence-electron chi connectivity index (χ1n) is 7.04. The van der Waals surface area contributed by atoms with E-state index in [-0.39, 0.29) is 0 Å². The Morgan fingerprint density at radius 3 is 2.20 bits per heavy atom. The van der Waals surface area contributed by atoms with Gasteiger partial charge in [-0.3, -0.25) is 0 Å². The Balaban J connectivity index is 1.85. The molecule has 0 aromatic heterocycles. The summed E-state index contributed by atoms with van der Waals surface area (Å²) in [6.45, 7) is 7.21. The van der Waals surface area contributed by atoms with Crippen LogP contribution in [0.4, 0.5) is 0 Å². The molecule has 0 aliphatic heterocycles. The van der Waals surface area contributed by atoms with Crippen LogP contribution in [-0.2, 0) is 0 Å². The average Bonchev–Trinajstić information content (AvgIpc) is 2.15. The maximum absolute atomic E-state index is 2.40. The van der Waals surface area contributed by atoms with Crippen molar-refractivity contribution in [1.82, 2.24) is 0 Å². The summed E-state index contributed by atoms with van der Waals surface area (Å²) in [7, 11) is 0. The summed E-state index contributed by atoms with van der Waals surface area (Å²) in [6, 6.07) is 0. The molecule has 0 amide bonds. The normalized spacial score (nSPS) is 37.4. The lowest BCUT2D eigenvalue weighted by Crippen LogP contribution is -2.29. The third kappa shape index (κ3) is 3.23. The second-order valence-electron chi connectivity index (χ2n) is 7.25. The van der Waals surface area contributed by atoms with Crippen molar-refractivity contribution in [2.75, 3.05) is 0 Å². The molecule has 0 heteroatoms. The Bertz CT molecular complexity index is 199. The van der Waals surface area contributed by atoms with Crippen molar-refractivity contribution in [3.63, 3.8) is 0 Å². The van der Waals surface area contributed by atoms with Crippen LogP contribution in [0.5, 0.6) is 0 Å². The van der Waals surface area contributed by atoms with Crippen LogP contribution in [0, 0.1) is 23.2 Å². The Morgan fingerprint density at radius 2 is 1.53 bits per heavy atom. The summed E-state index contributed by atoms with van der Waals surface area (Å²) in [4.78, 5) is 0. The number of fused-ring (bicyclic) bond motifs is 1. The van der Waals surface area contributed by atoms with E-state index in [1.54, 1.807) is 25.7 Å². The number of rotatable bonds is 1. The molecular formula is C15H28. The minimum Gasteiger partial charge on any atom is -0.0602 e. The molecule has 0 saturated heterocycles. The zero-order valence-electron chi connectivity index (χ0n) is 10.9. The van der Waals surface area contributed by atoms with Crippen LogP contribution in [-0.4, -0.2) is 0 Å². The first-order chi connectivity index (χ1) is 7.04. The molecule has 0 nitrogen and oxygen atoms in total. The Morgan fingerprint density at radius 1 is 0.867 bits per heavy atom. The van der Waals surface area contributed by atoms with Gasteiger partial charge in [-0.25, -0.2) is 0 Å². The topological polar surface area (TPSA) is 0 Å². The number of hydrogen-bond donors (Lipinski definition) is 0. The zero-order valence-corrected chi connectivity index (χ0v) is 10.9. The van der Waals surface area contributed by atoms with E-state index >= 15 is 0 Å². The van der Waals surface area contributed by atoms with E-state index in [4.69, 9.17) is 0 Å². The largest absolute Gasteiger partial charge is 0.0602 e. The van der Waals surface area contributed by atoms with Crippen LogP contribution in [0.25, 0.3) is 0 Å². The molecule has 0 radical (unpaired) electrons. The molecule has 0 aromatic rings. The molecule has 2 fully saturated rings. The molecule has 0 spiro atoms. The lowest BCUT2D eigenvalue weighted by molar-refractivity contribution is 0.107. The van der Waals surface area contributed by atoms with Gasteiger partial charge in [0.25, 0.3) is 0 Å². The van der Waals surface area contributed by atoms with Gasteiger partial charge in [-0.05, 0) is 42.4 Å². The molecular weight excluding hydrogens is 180 g/mol. The molecule has 3 atom stereocenters. The first-order valence-corrected chi connectivity index (χ1v) is 7.04. The summed E-state index contributed by atoms with van der Waals surface area (Å²) in [5.74, 6) is 3.28. The van der Waals surface area contributed by atoms with E-state index < -0.39 is 0 Å². The van der Waals surface area contributed by atoms with Crippen LogP contribution in [0.1, 0.15) is 72.1 Å². The highest BCUT2D eigenvalue weighted by Gasteiger charge is 2.33. The number of hydrogen-bond acceptors (Lipinski definition) is 0. The highest BCUT2D eigenvalue weighted by Crippen LogP contribution is 2.45. The minimum absolute atomic E-state index is 0.548.